The average molecular weight is 844 g/mol. The van der Waals surface area contributed by atoms with Gasteiger partial charge in [-0.1, -0.05) is 0 Å². The van der Waals surface area contributed by atoms with E-state index in [0.29, 0.717) is 36.4 Å². The van der Waals surface area contributed by atoms with Crippen LogP contribution in [0.3, 0.4) is 0 Å². The van der Waals surface area contributed by atoms with E-state index in [2.05, 4.69) is 30.7 Å². The zero-order valence-electron chi connectivity index (χ0n) is 28.4. The fraction of sp³-hybridized carbons (Fsp3) is 0. The van der Waals surface area contributed by atoms with Gasteiger partial charge in [0.1, 0.15) is 54.5 Å². The summed E-state index contributed by atoms with van der Waals surface area (Å²) in [6.07, 6.45) is 0. The molecular formula is C28H15N9Na2O16S2. The topological polar surface area (TPSA) is 399 Å². The van der Waals surface area contributed by atoms with Crippen molar-refractivity contribution >= 4 is 82.2 Å². The van der Waals surface area contributed by atoms with Gasteiger partial charge in [0.05, 0.1) is 47.4 Å². The Kier molecular flexibility index (Phi) is 14.2. The number of nitrogens with zero attached hydrogens (tertiary/aromatic N) is 9. The smallest absolute Gasteiger partial charge is 0.744 e. The van der Waals surface area contributed by atoms with Crippen molar-refractivity contribution in [1.29, 1.82) is 0 Å². The Hall–Kier alpha value is -5.62. The minimum absolute atomic E-state index is 0. The fourth-order valence-electron chi connectivity index (χ4n) is 4.54. The van der Waals surface area contributed by atoms with Crippen LogP contribution in [0.15, 0.2) is 107 Å². The van der Waals surface area contributed by atoms with E-state index in [1.807, 2.05) is 0 Å². The Morgan fingerprint density at radius 3 is 1.53 bits per heavy atom. The van der Waals surface area contributed by atoms with Gasteiger partial charge in [-0.25, -0.2) is 16.8 Å². The van der Waals surface area contributed by atoms with E-state index in [1.165, 1.54) is 0 Å². The molecule has 0 heterocycles. The van der Waals surface area contributed by atoms with Crippen LogP contribution in [0, 0.1) is 30.3 Å². The number of phenolic OH excluding ortho intramolecular Hbond substituents is 4. The monoisotopic (exact) mass is 843 g/mol. The van der Waals surface area contributed by atoms with Crippen LogP contribution in [0.25, 0.3) is 10.8 Å². The number of hydrogen-bond acceptors (Lipinski definition) is 22. The van der Waals surface area contributed by atoms with Crippen LogP contribution in [-0.2, 0) is 20.2 Å². The number of azo groups is 3. The van der Waals surface area contributed by atoms with E-state index in [1.54, 1.807) is 0 Å². The number of nitro benzene ring substituents is 3. The third kappa shape index (κ3) is 10.2. The number of hydrogen-bond donors (Lipinski definition) is 4. The van der Waals surface area contributed by atoms with Crippen molar-refractivity contribution in [2.75, 3.05) is 0 Å². The molecule has 0 radical (unpaired) electrons. The van der Waals surface area contributed by atoms with E-state index in [9.17, 15) is 76.7 Å². The van der Waals surface area contributed by atoms with Gasteiger partial charge in [0.15, 0.2) is 5.75 Å². The van der Waals surface area contributed by atoms with Crippen molar-refractivity contribution in [3.8, 4) is 23.0 Å². The second kappa shape index (κ2) is 17.7. The molecule has 5 rings (SSSR count). The van der Waals surface area contributed by atoms with Gasteiger partial charge in [-0.3, -0.25) is 30.3 Å². The Balaban J connectivity index is 0.00000435. The standard InChI is InChI=1S/C28H17N9O16S2.2Na/c38-23-11-24(39)18(31-34-20-5-14(36(44)45)6-22(27(20)40)37(46)47)9-17(23)30-32-19-8-15(54(48,49)50)7-16-25(55(51,52)53)10-21(28(41)26(16)19)33-29-12-1-3-13(4-2-12)35(42)43;;/h1-11,38-41H,(H,48,49,50)(H,51,52,53);;/q;2*+1/p-2. The molecule has 29 heteroatoms. The first-order valence-corrected chi connectivity index (χ1v) is 16.9. The van der Waals surface area contributed by atoms with Crippen molar-refractivity contribution in [2.45, 2.75) is 9.79 Å². The molecule has 0 fully saturated rings. The molecule has 0 aromatic heterocycles. The summed E-state index contributed by atoms with van der Waals surface area (Å²) in [7, 11) is -11.0. The Morgan fingerprint density at radius 1 is 0.509 bits per heavy atom. The average Bonchev–Trinajstić information content (AvgIpc) is 3.09. The molecule has 0 spiro atoms. The van der Waals surface area contributed by atoms with E-state index in [0.717, 1.165) is 30.3 Å². The third-order valence-corrected chi connectivity index (χ3v) is 8.75. The largest absolute Gasteiger partial charge is 1.00 e. The molecule has 0 atom stereocenters. The van der Waals surface area contributed by atoms with E-state index in [4.69, 9.17) is 0 Å². The first-order valence-electron chi connectivity index (χ1n) is 14.1. The Morgan fingerprint density at radius 2 is 1.02 bits per heavy atom. The summed E-state index contributed by atoms with van der Waals surface area (Å²) >= 11 is 0. The third-order valence-electron chi connectivity index (χ3n) is 7.06. The predicted octanol–water partition coefficient (Wildman–Crippen LogP) is 0.449. The molecule has 5 aromatic rings. The van der Waals surface area contributed by atoms with Crippen molar-refractivity contribution in [3.63, 3.8) is 0 Å². The number of rotatable bonds is 11. The van der Waals surface area contributed by atoms with Gasteiger partial charge in [-0.05, 0) is 30.3 Å². The molecule has 0 saturated heterocycles. The second-order valence-corrected chi connectivity index (χ2v) is 13.3. The van der Waals surface area contributed by atoms with E-state index < -0.39 is 118 Å². The molecule has 4 N–H and O–H groups in total. The van der Waals surface area contributed by atoms with Crippen LogP contribution >= 0.6 is 0 Å². The summed E-state index contributed by atoms with van der Waals surface area (Å²) in [5.41, 5.74) is -6.03. The predicted molar refractivity (Wildman–Crippen MR) is 178 cm³/mol. The zero-order chi connectivity index (χ0) is 40.6. The Bertz CT molecular complexity index is 2810. The quantitative estimate of drug-likeness (QED) is 0.0461. The van der Waals surface area contributed by atoms with Crippen LogP contribution < -0.4 is 59.1 Å². The van der Waals surface area contributed by atoms with Crippen LogP contribution in [0.5, 0.6) is 23.0 Å². The van der Waals surface area contributed by atoms with Gasteiger partial charge in [-0.15, -0.1) is 25.6 Å². The van der Waals surface area contributed by atoms with Gasteiger partial charge in [0, 0.05) is 35.7 Å². The first kappa shape index (κ1) is 45.8. The van der Waals surface area contributed by atoms with Crippen molar-refractivity contribution in [1.82, 2.24) is 0 Å². The summed E-state index contributed by atoms with van der Waals surface area (Å²) in [5, 5.41) is 95.7. The summed E-state index contributed by atoms with van der Waals surface area (Å²) in [5.74, 6) is -3.89. The molecule has 0 amide bonds. The minimum atomic E-state index is -5.57. The van der Waals surface area contributed by atoms with E-state index >= 15 is 0 Å². The van der Waals surface area contributed by atoms with Crippen LogP contribution in [0.1, 0.15) is 0 Å². The molecule has 0 saturated carbocycles. The minimum Gasteiger partial charge on any atom is -0.744 e. The molecule has 0 aliphatic heterocycles. The summed E-state index contributed by atoms with van der Waals surface area (Å²) < 4.78 is 73.1. The van der Waals surface area contributed by atoms with Gasteiger partial charge >= 0.3 is 64.8 Å². The molecule has 5 aromatic carbocycles. The molecule has 0 aliphatic rings. The number of non-ortho nitro benzene ring substituents is 2. The molecular weight excluding hydrogens is 828 g/mol. The van der Waals surface area contributed by atoms with Gasteiger partial charge in [0.2, 0.25) is 5.75 Å². The second-order valence-electron chi connectivity index (χ2n) is 10.6. The number of aromatic hydroxyl groups is 4. The summed E-state index contributed by atoms with van der Waals surface area (Å²) in [4.78, 5) is 28.1. The molecule has 0 unspecified atom stereocenters. The molecule has 57 heavy (non-hydrogen) atoms. The molecule has 282 valence electrons. The normalized spacial score (nSPS) is 11.8. The number of phenols is 4. The van der Waals surface area contributed by atoms with Crippen molar-refractivity contribution < 1.29 is 120 Å². The maximum atomic E-state index is 12.3. The number of benzene rings is 5. The van der Waals surface area contributed by atoms with Crippen molar-refractivity contribution in [3.05, 3.63) is 97.1 Å². The summed E-state index contributed by atoms with van der Waals surface area (Å²) in [6.45, 7) is 0. The van der Waals surface area contributed by atoms with Gasteiger partial charge in [0.25, 0.3) is 11.4 Å². The van der Waals surface area contributed by atoms with Crippen molar-refractivity contribution in [2.24, 2.45) is 30.7 Å². The fourth-order valence-corrected chi connectivity index (χ4v) is 5.75. The maximum Gasteiger partial charge on any atom is 1.00 e. The zero-order valence-corrected chi connectivity index (χ0v) is 34.0. The van der Waals surface area contributed by atoms with Gasteiger partial charge < -0.3 is 29.5 Å². The Labute approximate surface area is 360 Å². The molecule has 0 aliphatic carbocycles. The van der Waals surface area contributed by atoms with Crippen LogP contribution in [0.4, 0.5) is 51.2 Å². The van der Waals surface area contributed by atoms with E-state index in [-0.39, 0.29) is 70.5 Å². The first-order chi connectivity index (χ1) is 25.6. The van der Waals surface area contributed by atoms with Crippen LogP contribution in [-0.4, -0.2) is 61.1 Å². The number of fused-ring (bicyclic) bond motifs is 1. The number of nitro groups is 3. The molecule has 25 nitrogen and oxygen atoms in total. The van der Waals surface area contributed by atoms with Crippen LogP contribution in [0.2, 0.25) is 0 Å². The SMILES string of the molecule is O=[N+]([O-])c1ccc(N=Nc2cc(S(=O)(=O)[O-])c3cc(S(=O)(=O)[O-])cc(N=Nc4cc(N=Nc5cc([N+](=O)[O-])cc([N+](=O)[O-])c5O)c(O)cc4O)c3c2O)cc1.[Na+].[Na+]. The molecule has 0 bridgehead atoms. The maximum absolute atomic E-state index is 12.3. The summed E-state index contributed by atoms with van der Waals surface area (Å²) in [6, 6.07) is 8.17. The van der Waals surface area contributed by atoms with Gasteiger partial charge in [-0.2, -0.15) is 5.11 Å².